The minimum absolute atomic E-state index is 0.0397. The first kappa shape index (κ1) is 20.1. The third-order valence-corrected chi connectivity index (χ3v) is 6.90. The van der Waals surface area contributed by atoms with Crippen LogP contribution in [0.3, 0.4) is 0 Å². The van der Waals surface area contributed by atoms with Crippen LogP contribution >= 0.6 is 35.1 Å². The first-order valence-corrected chi connectivity index (χ1v) is 11.2. The maximum Gasteiger partial charge on any atom is 0.286 e. The molecule has 0 saturated carbocycles. The Hall–Kier alpha value is -2.16. The summed E-state index contributed by atoms with van der Waals surface area (Å²) in [5, 5.41) is 2.16. The van der Waals surface area contributed by atoms with Gasteiger partial charge in [0.2, 0.25) is 5.91 Å². The Bertz CT molecular complexity index is 967. The van der Waals surface area contributed by atoms with Gasteiger partial charge in [-0.2, -0.15) is 0 Å². The predicted molar refractivity (Wildman–Crippen MR) is 114 cm³/mol. The van der Waals surface area contributed by atoms with Crippen molar-refractivity contribution in [2.45, 2.75) is 16.6 Å². The molecular weight excluding hydrogens is 432 g/mol. The van der Waals surface area contributed by atoms with E-state index in [-0.39, 0.29) is 22.3 Å². The van der Waals surface area contributed by atoms with Gasteiger partial charge >= 0.3 is 0 Å². The van der Waals surface area contributed by atoms with Crippen molar-refractivity contribution in [2.24, 2.45) is 0 Å². The Kier molecular flexibility index (Phi) is 6.03. The molecule has 6 nitrogen and oxygen atoms in total. The summed E-state index contributed by atoms with van der Waals surface area (Å²) in [6, 6.07) is 12.8. The van der Waals surface area contributed by atoms with Gasteiger partial charge in [-0.1, -0.05) is 35.5 Å². The van der Waals surface area contributed by atoms with Crippen molar-refractivity contribution in [3.05, 3.63) is 58.6 Å². The standard InChI is InChI=1S/C20H17ClN2O4S2/c21-13-3-6-16-15(10-13)19(25)23(11-28-16)7-8-27-14-4-1-12(2-5-14)9-17-18(24)22-20(26)29-17/h1-6,10,17H,7-9,11H2,(H,22,24,26). The lowest BCUT2D eigenvalue weighted by Crippen LogP contribution is -2.37. The van der Waals surface area contributed by atoms with E-state index in [9.17, 15) is 14.4 Å². The molecule has 0 aromatic heterocycles. The van der Waals surface area contributed by atoms with Gasteiger partial charge in [0.1, 0.15) is 12.4 Å². The molecule has 29 heavy (non-hydrogen) atoms. The highest BCUT2D eigenvalue weighted by Crippen LogP contribution is 2.32. The Morgan fingerprint density at radius 2 is 1.93 bits per heavy atom. The van der Waals surface area contributed by atoms with E-state index >= 15 is 0 Å². The average molecular weight is 449 g/mol. The van der Waals surface area contributed by atoms with E-state index in [1.807, 2.05) is 30.3 Å². The summed E-state index contributed by atoms with van der Waals surface area (Å²) in [6.07, 6.45) is 0.490. The van der Waals surface area contributed by atoms with E-state index in [4.69, 9.17) is 16.3 Å². The number of fused-ring (bicyclic) bond motifs is 1. The number of halogens is 1. The van der Waals surface area contributed by atoms with E-state index in [1.54, 1.807) is 28.8 Å². The Balaban J connectivity index is 1.28. The van der Waals surface area contributed by atoms with Crippen molar-refractivity contribution in [1.82, 2.24) is 10.2 Å². The second kappa shape index (κ2) is 8.69. The summed E-state index contributed by atoms with van der Waals surface area (Å²) in [6.45, 7) is 0.845. The molecule has 4 rings (SSSR count). The normalized spacial score (nSPS) is 18.6. The SMILES string of the molecule is O=C1NC(=O)C(Cc2ccc(OCCN3CSc4ccc(Cl)cc4C3=O)cc2)S1. The van der Waals surface area contributed by atoms with Crippen LogP contribution in [-0.2, 0) is 11.2 Å². The maximum absolute atomic E-state index is 12.6. The van der Waals surface area contributed by atoms with Crippen molar-refractivity contribution in [1.29, 1.82) is 0 Å². The van der Waals surface area contributed by atoms with Crippen molar-refractivity contribution in [3.8, 4) is 5.75 Å². The highest BCUT2D eigenvalue weighted by Gasteiger charge is 2.31. The van der Waals surface area contributed by atoms with Gasteiger partial charge < -0.3 is 9.64 Å². The second-order valence-electron chi connectivity index (χ2n) is 6.56. The lowest BCUT2D eigenvalue weighted by Gasteiger charge is -2.28. The average Bonchev–Trinajstić information content (AvgIpc) is 3.02. The second-order valence-corrected chi connectivity index (χ2v) is 9.16. The molecule has 2 heterocycles. The van der Waals surface area contributed by atoms with E-state index < -0.39 is 0 Å². The van der Waals surface area contributed by atoms with Gasteiger partial charge in [0, 0.05) is 9.92 Å². The number of carbonyl (C=O) groups is 3. The third kappa shape index (κ3) is 4.71. The number of rotatable bonds is 6. The minimum Gasteiger partial charge on any atom is -0.492 e. The van der Waals surface area contributed by atoms with Crippen LogP contribution in [0.4, 0.5) is 4.79 Å². The van der Waals surface area contributed by atoms with Gasteiger partial charge in [-0.3, -0.25) is 19.7 Å². The lowest BCUT2D eigenvalue weighted by atomic mass is 10.1. The van der Waals surface area contributed by atoms with E-state index in [1.165, 1.54) is 0 Å². The lowest BCUT2D eigenvalue weighted by molar-refractivity contribution is -0.118. The molecule has 2 aliphatic rings. The largest absolute Gasteiger partial charge is 0.492 e. The fraction of sp³-hybridized carbons (Fsp3) is 0.250. The van der Waals surface area contributed by atoms with Crippen LogP contribution in [0.25, 0.3) is 0 Å². The number of benzene rings is 2. The molecule has 0 radical (unpaired) electrons. The van der Waals surface area contributed by atoms with Crippen LogP contribution in [0.2, 0.25) is 5.02 Å². The van der Waals surface area contributed by atoms with E-state index in [0.29, 0.717) is 41.8 Å². The highest BCUT2D eigenvalue weighted by atomic mass is 35.5. The quantitative estimate of drug-likeness (QED) is 0.724. The number of imide groups is 1. The molecule has 1 saturated heterocycles. The van der Waals surface area contributed by atoms with Crippen molar-refractivity contribution >= 4 is 52.2 Å². The first-order chi connectivity index (χ1) is 14.0. The molecule has 0 aliphatic carbocycles. The van der Waals surface area contributed by atoms with E-state index in [2.05, 4.69) is 5.32 Å². The zero-order valence-corrected chi connectivity index (χ0v) is 17.6. The van der Waals surface area contributed by atoms with Gasteiger partial charge in [-0.15, -0.1) is 11.8 Å². The monoisotopic (exact) mass is 448 g/mol. The summed E-state index contributed by atoms with van der Waals surface area (Å²) >= 11 is 8.64. The minimum atomic E-state index is -0.381. The van der Waals surface area contributed by atoms with Gasteiger partial charge in [0.25, 0.3) is 11.1 Å². The Morgan fingerprint density at radius 1 is 1.14 bits per heavy atom. The van der Waals surface area contributed by atoms with Crippen LogP contribution in [0.1, 0.15) is 15.9 Å². The summed E-state index contributed by atoms with van der Waals surface area (Å²) in [5.41, 5.74) is 1.58. The molecule has 2 aliphatic heterocycles. The number of amides is 3. The number of nitrogens with one attached hydrogen (secondary N) is 1. The number of ether oxygens (including phenoxy) is 1. The van der Waals surface area contributed by atoms with Crippen molar-refractivity contribution in [2.75, 3.05) is 19.0 Å². The Morgan fingerprint density at radius 3 is 2.66 bits per heavy atom. The summed E-state index contributed by atoms with van der Waals surface area (Å²) in [4.78, 5) is 38.2. The number of hydrogen-bond acceptors (Lipinski definition) is 6. The molecule has 0 bridgehead atoms. The third-order valence-electron chi connectivity index (χ3n) is 4.58. The molecule has 1 N–H and O–H groups in total. The molecule has 1 unspecified atom stereocenters. The predicted octanol–water partition coefficient (Wildman–Crippen LogP) is 3.82. The van der Waals surface area contributed by atoms with Crippen LogP contribution in [-0.4, -0.2) is 46.2 Å². The van der Waals surface area contributed by atoms with Crippen LogP contribution < -0.4 is 10.1 Å². The Labute approximate surface area is 181 Å². The van der Waals surface area contributed by atoms with E-state index in [0.717, 1.165) is 22.2 Å². The summed E-state index contributed by atoms with van der Waals surface area (Å²) in [5.74, 6) is 0.985. The summed E-state index contributed by atoms with van der Waals surface area (Å²) in [7, 11) is 0. The summed E-state index contributed by atoms with van der Waals surface area (Å²) < 4.78 is 5.76. The van der Waals surface area contributed by atoms with Gasteiger partial charge in [0.05, 0.1) is 23.2 Å². The van der Waals surface area contributed by atoms with Gasteiger partial charge in [-0.05, 0) is 42.3 Å². The smallest absolute Gasteiger partial charge is 0.286 e. The number of hydrogen-bond donors (Lipinski definition) is 1. The molecule has 0 spiro atoms. The number of nitrogens with zero attached hydrogens (tertiary/aromatic N) is 1. The fourth-order valence-electron chi connectivity index (χ4n) is 3.07. The maximum atomic E-state index is 12.6. The van der Waals surface area contributed by atoms with Crippen molar-refractivity contribution in [3.63, 3.8) is 0 Å². The van der Waals surface area contributed by atoms with Crippen LogP contribution in [0.15, 0.2) is 47.4 Å². The molecule has 1 fully saturated rings. The molecular formula is C20H17ClN2O4S2. The van der Waals surface area contributed by atoms with Crippen molar-refractivity contribution < 1.29 is 19.1 Å². The van der Waals surface area contributed by atoms with Gasteiger partial charge in [-0.25, -0.2) is 0 Å². The molecule has 2 aromatic rings. The first-order valence-electron chi connectivity index (χ1n) is 8.94. The van der Waals surface area contributed by atoms with Crippen LogP contribution in [0.5, 0.6) is 5.75 Å². The molecule has 9 heteroatoms. The highest BCUT2D eigenvalue weighted by molar-refractivity contribution is 8.15. The zero-order chi connectivity index (χ0) is 20.4. The molecule has 150 valence electrons. The number of carbonyl (C=O) groups excluding carboxylic acids is 3. The molecule has 2 aromatic carbocycles. The zero-order valence-electron chi connectivity index (χ0n) is 15.2. The molecule has 3 amide bonds. The van der Waals surface area contributed by atoms with Crippen LogP contribution in [0, 0.1) is 0 Å². The van der Waals surface area contributed by atoms with Gasteiger partial charge in [0.15, 0.2) is 0 Å². The molecule has 1 atom stereocenters. The fourth-order valence-corrected chi connectivity index (χ4v) is 5.11. The topological polar surface area (TPSA) is 75.7 Å². The number of thioether (sulfide) groups is 2.